The van der Waals surface area contributed by atoms with Crippen LogP contribution in [0.5, 0.6) is 5.75 Å². The highest BCUT2D eigenvalue weighted by Crippen LogP contribution is 2.27. The molecule has 2 rings (SSSR count). The van der Waals surface area contributed by atoms with Crippen molar-refractivity contribution in [3.05, 3.63) is 57.6 Å². The summed E-state index contributed by atoms with van der Waals surface area (Å²) in [7, 11) is 0. The van der Waals surface area contributed by atoms with E-state index in [1.165, 1.54) is 0 Å². The minimum absolute atomic E-state index is 0.0832. The molecule has 2 aromatic rings. The Morgan fingerprint density at radius 1 is 1.16 bits per heavy atom. The monoisotopic (exact) mass is 381 g/mol. The smallest absolute Gasteiger partial charge is 0.255 e. The molecule has 0 atom stereocenters. The van der Waals surface area contributed by atoms with Crippen LogP contribution >= 0.6 is 23.2 Å². The lowest BCUT2D eigenvalue weighted by atomic mass is 10.1. The van der Waals surface area contributed by atoms with E-state index < -0.39 is 0 Å². The molecule has 0 bridgehead atoms. The normalized spacial score (nSPS) is 10.8. The van der Waals surface area contributed by atoms with Crippen LogP contribution in [0.3, 0.4) is 0 Å². The fraction of sp³-hybridized carbons (Fsp3) is 0.316. The van der Waals surface area contributed by atoms with Gasteiger partial charge in [-0.05, 0) is 57.2 Å². The maximum atomic E-state index is 12.5. The number of benzene rings is 2. The minimum atomic E-state index is -0.266. The average molecular weight is 382 g/mol. The van der Waals surface area contributed by atoms with Crippen molar-refractivity contribution >= 4 is 34.8 Å². The van der Waals surface area contributed by atoms with Crippen molar-refractivity contribution in [3.8, 4) is 5.75 Å². The Labute approximate surface area is 158 Å². The molecule has 0 unspecified atom stereocenters. The molecule has 25 heavy (non-hydrogen) atoms. The Hall–Kier alpha value is -1.75. The van der Waals surface area contributed by atoms with Crippen LogP contribution in [0.25, 0.3) is 0 Å². The molecular weight excluding hydrogens is 361 g/mol. The van der Waals surface area contributed by atoms with E-state index in [1.807, 2.05) is 20.8 Å². The summed E-state index contributed by atoms with van der Waals surface area (Å²) in [4.78, 5) is 12.5. The Bertz CT molecular complexity index is 747. The van der Waals surface area contributed by atoms with E-state index in [0.29, 0.717) is 40.3 Å². The first-order chi connectivity index (χ1) is 11.9. The summed E-state index contributed by atoms with van der Waals surface area (Å²) in [5.74, 6) is 0.447. The maximum Gasteiger partial charge on any atom is 0.255 e. The van der Waals surface area contributed by atoms with Gasteiger partial charge in [0.05, 0.1) is 30.0 Å². The van der Waals surface area contributed by atoms with Gasteiger partial charge in [-0.3, -0.25) is 4.79 Å². The zero-order valence-corrected chi connectivity index (χ0v) is 15.9. The van der Waals surface area contributed by atoms with Crippen LogP contribution in [0.15, 0.2) is 36.4 Å². The zero-order valence-electron chi connectivity index (χ0n) is 14.4. The van der Waals surface area contributed by atoms with E-state index in [4.69, 9.17) is 32.7 Å². The van der Waals surface area contributed by atoms with Gasteiger partial charge in [-0.2, -0.15) is 0 Å². The molecule has 2 aromatic carbocycles. The number of rotatable bonds is 7. The third-order valence-corrected chi connectivity index (χ3v) is 3.92. The van der Waals surface area contributed by atoms with Gasteiger partial charge in [0.1, 0.15) is 5.75 Å². The number of ether oxygens (including phenoxy) is 2. The first-order valence-electron chi connectivity index (χ1n) is 8.04. The molecular formula is C19H21Cl2NO3. The van der Waals surface area contributed by atoms with Gasteiger partial charge in [-0.1, -0.05) is 23.2 Å². The van der Waals surface area contributed by atoms with E-state index in [0.717, 1.165) is 5.56 Å². The highest BCUT2D eigenvalue weighted by Gasteiger charge is 2.13. The van der Waals surface area contributed by atoms with Crippen LogP contribution in [0.4, 0.5) is 5.69 Å². The Kier molecular flexibility index (Phi) is 7.12. The van der Waals surface area contributed by atoms with E-state index in [9.17, 15) is 4.79 Å². The molecule has 1 amide bonds. The molecule has 0 aliphatic rings. The summed E-state index contributed by atoms with van der Waals surface area (Å²) in [6.45, 7) is 6.74. The van der Waals surface area contributed by atoms with Gasteiger partial charge in [0.15, 0.2) is 0 Å². The number of amides is 1. The summed E-state index contributed by atoms with van der Waals surface area (Å²) >= 11 is 12.0. The van der Waals surface area contributed by atoms with E-state index in [2.05, 4.69) is 5.32 Å². The fourth-order valence-corrected chi connectivity index (χ4v) is 2.63. The van der Waals surface area contributed by atoms with Crippen LogP contribution in [0.2, 0.25) is 10.0 Å². The summed E-state index contributed by atoms with van der Waals surface area (Å²) in [6.07, 6.45) is 0.0832. The quantitative estimate of drug-likeness (QED) is 0.681. The molecule has 0 heterocycles. The van der Waals surface area contributed by atoms with E-state index in [1.54, 1.807) is 36.4 Å². The number of hydrogen-bond donors (Lipinski definition) is 1. The van der Waals surface area contributed by atoms with Gasteiger partial charge in [0.25, 0.3) is 5.91 Å². The second kappa shape index (κ2) is 9.09. The summed E-state index contributed by atoms with van der Waals surface area (Å²) in [5.41, 5.74) is 1.83. The van der Waals surface area contributed by atoms with Crippen LogP contribution in [-0.2, 0) is 11.3 Å². The molecule has 0 fully saturated rings. The minimum Gasteiger partial charge on any atom is -0.494 e. The molecule has 0 aliphatic heterocycles. The third-order valence-electron chi connectivity index (χ3n) is 3.37. The molecule has 0 spiro atoms. The summed E-state index contributed by atoms with van der Waals surface area (Å²) in [6, 6.07) is 10.2. The Morgan fingerprint density at radius 3 is 2.56 bits per heavy atom. The maximum absolute atomic E-state index is 12.5. The van der Waals surface area contributed by atoms with Gasteiger partial charge >= 0.3 is 0 Å². The number of anilines is 1. The molecule has 6 heteroatoms. The molecule has 0 aromatic heterocycles. The average Bonchev–Trinajstić information content (AvgIpc) is 2.56. The summed E-state index contributed by atoms with van der Waals surface area (Å²) < 4.78 is 11.3. The lowest BCUT2D eigenvalue weighted by molar-refractivity contribution is 0.0641. The topological polar surface area (TPSA) is 47.6 Å². The first kappa shape index (κ1) is 19.6. The number of hydrogen-bond acceptors (Lipinski definition) is 3. The van der Waals surface area contributed by atoms with Gasteiger partial charge in [-0.15, -0.1) is 0 Å². The number of nitrogens with one attached hydrogen (secondary N) is 1. The number of halogens is 2. The van der Waals surface area contributed by atoms with Crippen LogP contribution < -0.4 is 10.1 Å². The predicted molar refractivity (Wildman–Crippen MR) is 102 cm³/mol. The van der Waals surface area contributed by atoms with Crippen molar-refractivity contribution in [1.82, 2.24) is 0 Å². The van der Waals surface area contributed by atoms with Crippen molar-refractivity contribution in [2.75, 3.05) is 11.9 Å². The van der Waals surface area contributed by atoms with Gasteiger partial charge in [0, 0.05) is 16.1 Å². The number of carbonyl (C=O) groups excluding carboxylic acids is 1. The second-order valence-electron chi connectivity index (χ2n) is 5.69. The third kappa shape index (κ3) is 5.63. The lowest BCUT2D eigenvalue weighted by Crippen LogP contribution is -2.13. The fourth-order valence-electron chi connectivity index (χ4n) is 2.17. The van der Waals surface area contributed by atoms with Gasteiger partial charge in [-0.25, -0.2) is 0 Å². The predicted octanol–water partition coefficient (Wildman–Crippen LogP) is 5.57. The van der Waals surface area contributed by atoms with Crippen molar-refractivity contribution in [2.45, 2.75) is 33.5 Å². The van der Waals surface area contributed by atoms with Crippen LogP contribution in [0.1, 0.15) is 36.7 Å². The summed E-state index contributed by atoms with van der Waals surface area (Å²) in [5, 5.41) is 3.68. The highest BCUT2D eigenvalue weighted by molar-refractivity contribution is 6.36. The van der Waals surface area contributed by atoms with Gasteiger partial charge < -0.3 is 14.8 Å². The lowest BCUT2D eigenvalue weighted by Gasteiger charge is -2.14. The largest absolute Gasteiger partial charge is 0.494 e. The van der Waals surface area contributed by atoms with Crippen molar-refractivity contribution in [2.24, 2.45) is 0 Å². The van der Waals surface area contributed by atoms with Crippen LogP contribution in [-0.4, -0.2) is 18.6 Å². The van der Waals surface area contributed by atoms with E-state index in [-0.39, 0.29) is 12.0 Å². The van der Waals surface area contributed by atoms with Crippen molar-refractivity contribution in [1.29, 1.82) is 0 Å². The Balaban J connectivity index is 2.22. The highest BCUT2D eigenvalue weighted by atomic mass is 35.5. The van der Waals surface area contributed by atoms with E-state index >= 15 is 0 Å². The van der Waals surface area contributed by atoms with Crippen molar-refractivity contribution in [3.63, 3.8) is 0 Å². The number of carbonyl (C=O) groups is 1. The second-order valence-corrected chi connectivity index (χ2v) is 6.54. The molecule has 0 aliphatic carbocycles. The van der Waals surface area contributed by atoms with Gasteiger partial charge in [0.2, 0.25) is 0 Å². The zero-order chi connectivity index (χ0) is 18.4. The standard InChI is InChI=1S/C19H21Cl2NO3/c1-4-24-18-8-5-13(9-14(18)11-25-12(2)3)19(23)22-17-7-6-15(20)10-16(17)21/h5-10,12H,4,11H2,1-3H3,(H,22,23). The molecule has 0 saturated carbocycles. The molecule has 0 saturated heterocycles. The molecule has 1 N–H and O–H groups in total. The van der Waals surface area contributed by atoms with Crippen LogP contribution in [0, 0.1) is 0 Å². The SMILES string of the molecule is CCOc1ccc(C(=O)Nc2ccc(Cl)cc2Cl)cc1COC(C)C. The first-order valence-corrected chi connectivity index (χ1v) is 8.80. The van der Waals surface area contributed by atoms with Crippen molar-refractivity contribution < 1.29 is 14.3 Å². The molecule has 4 nitrogen and oxygen atoms in total. The molecule has 0 radical (unpaired) electrons. The Morgan fingerprint density at radius 2 is 1.92 bits per heavy atom. The molecule has 134 valence electrons.